The van der Waals surface area contributed by atoms with Crippen LogP contribution in [0.5, 0.6) is 5.75 Å². The van der Waals surface area contributed by atoms with Gasteiger partial charge >= 0.3 is 0 Å². The second-order valence-electron chi connectivity index (χ2n) is 4.68. The number of hydrogen-bond acceptors (Lipinski definition) is 5. The van der Waals surface area contributed by atoms with Crippen LogP contribution in [0.1, 0.15) is 12.6 Å². The number of rotatable bonds is 4. The van der Waals surface area contributed by atoms with Crippen LogP contribution in [0.2, 0.25) is 0 Å². The first kappa shape index (κ1) is 13.4. The van der Waals surface area contributed by atoms with E-state index < -0.39 is 0 Å². The summed E-state index contributed by atoms with van der Waals surface area (Å²) >= 11 is 0. The normalized spacial score (nSPS) is 10.8. The van der Waals surface area contributed by atoms with Crippen molar-refractivity contribution in [2.24, 2.45) is 0 Å². The average Bonchev–Trinajstić information content (AvgIpc) is 2.85. The van der Waals surface area contributed by atoms with Crippen molar-refractivity contribution in [2.75, 3.05) is 12.4 Å². The molecule has 0 radical (unpaired) electrons. The summed E-state index contributed by atoms with van der Waals surface area (Å²) in [6.07, 6.45) is 1.56. The Morgan fingerprint density at radius 1 is 1.29 bits per heavy atom. The van der Waals surface area contributed by atoms with E-state index >= 15 is 0 Å². The van der Waals surface area contributed by atoms with Gasteiger partial charge in [0.25, 0.3) is 0 Å². The Balaban J connectivity index is 2.07. The smallest absolute Gasteiger partial charge is 0.160 e. The predicted molar refractivity (Wildman–Crippen MR) is 82.0 cm³/mol. The van der Waals surface area contributed by atoms with Gasteiger partial charge in [0.1, 0.15) is 23.1 Å². The van der Waals surface area contributed by atoms with Crippen molar-refractivity contribution in [2.45, 2.75) is 20.4 Å². The first-order valence-corrected chi connectivity index (χ1v) is 6.82. The van der Waals surface area contributed by atoms with Crippen molar-refractivity contribution < 1.29 is 4.74 Å². The maximum absolute atomic E-state index is 5.24. The van der Waals surface area contributed by atoms with E-state index in [-0.39, 0.29) is 0 Å². The van der Waals surface area contributed by atoms with Crippen LogP contribution in [0.4, 0.5) is 11.5 Å². The summed E-state index contributed by atoms with van der Waals surface area (Å²) < 4.78 is 7.15. The lowest BCUT2D eigenvalue weighted by molar-refractivity contribution is 0.415. The molecule has 3 aromatic rings. The molecule has 2 heterocycles. The molecule has 0 amide bonds. The van der Waals surface area contributed by atoms with Gasteiger partial charge in [-0.3, -0.25) is 4.68 Å². The monoisotopic (exact) mass is 283 g/mol. The van der Waals surface area contributed by atoms with Gasteiger partial charge in [0.2, 0.25) is 0 Å². The molecule has 1 N–H and O–H groups in total. The van der Waals surface area contributed by atoms with Gasteiger partial charge in [-0.1, -0.05) is 6.07 Å². The summed E-state index contributed by atoms with van der Waals surface area (Å²) in [6.45, 7) is 4.77. The van der Waals surface area contributed by atoms with Crippen LogP contribution in [0.3, 0.4) is 0 Å². The van der Waals surface area contributed by atoms with Gasteiger partial charge < -0.3 is 10.1 Å². The highest BCUT2D eigenvalue weighted by molar-refractivity contribution is 5.89. The maximum atomic E-state index is 5.24. The van der Waals surface area contributed by atoms with E-state index in [2.05, 4.69) is 20.4 Å². The van der Waals surface area contributed by atoms with Crippen molar-refractivity contribution in [1.29, 1.82) is 0 Å². The van der Waals surface area contributed by atoms with Crippen molar-refractivity contribution >= 4 is 22.5 Å². The summed E-state index contributed by atoms with van der Waals surface area (Å²) in [4.78, 5) is 8.68. The number of nitrogens with one attached hydrogen (secondary N) is 1. The van der Waals surface area contributed by atoms with E-state index in [1.165, 1.54) is 0 Å². The number of fused-ring (bicyclic) bond motifs is 1. The van der Waals surface area contributed by atoms with Gasteiger partial charge in [0.05, 0.1) is 12.8 Å². The van der Waals surface area contributed by atoms with Crippen molar-refractivity contribution in [3.8, 4) is 5.75 Å². The minimum absolute atomic E-state index is 0.746. The largest absolute Gasteiger partial charge is 0.497 e. The second-order valence-corrected chi connectivity index (χ2v) is 4.68. The van der Waals surface area contributed by atoms with Crippen LogP contribution in [-0.2, 0) is 6.54 Å². The van der Waals surface area contributed by atoms with Crippen LogP contribution in [0, 0.1) is 6.92 Å². The van der Waals surface area contributed by atoms with Crippen molar-refractivity contribution in [3.05, 3.63) is 36.3 Å². The number of ether oxygens (including phenoxy) is 1. The minimum atomic E-state index is 0.746. The van der Waals surface area contributed by atoms with E-state index in [0.717, 1.165) is 40.5 Å². The molecule has 0 bridgehead atoms. The lowest BCUT2D eigenvalue weighted by Gasteiger charge is -2.09. The molecule has 1 aromatic carbocycles. The van der Waals surface area contributed by atoms with E-state index in [1.807, 2.05) is 42.8 Å². The summed E-state index contributed by atoms with van der Waals surface area (Å²) in [6, 6.07) is 7.73. The highest BCUT2D eigenvalue weighted by Gasteiger charge is 2.13. The molecule has 0 saturated carbocycles. The number of aromatic nitrogens is 4. The molecule has 21 heavy (non-hydrogen) atoms. The zero-order valence-electron chi connectivity index (χ0n) is 12.3. The standard InChI is InChI=1S/C15H17N5O/c1-4-20-14-13(10(2)19-20)16-9-17-15(14)18-11-6-5-7-12(8-11)21-3/h5-9H,4H2,1-3H3,(H,16,17,18). The molecular formula is C15H17N5O. The molecule has 6 nitrogen and oxygen atoms in total. The van der Waals surface area contributed by atoms with Crippen LogP contribution in [-0.4, -0.2) is 26.9 Å². The Kier molecular flexibility index (Phi) is 3.43. The fourth-order valence-electron chi connectivity index (χ4n) is 2.32. The topological polar surface area (TPSA) is 64.9 Å². The fourth-order valence-corrected chi connectivity index (χ4v) is 2.32. The molecule has 0 spiro atoms. The third kappa shape index (κ3) is 2.40. The Morgan fingerprint density at radius 3 is 2.90 bits per heavy atom. The third-order valence-corrected chi connectivity index (χ3v) is 3.33. The summed E-state index contributed by atoms with van der Waals surface area (Å²) in [7, 11) is 1.65. The maximum Gasteiger partial charge on any atom is 0.160 e. The summed E-state index contributed by atoms with van der Waals surface area (Å²) in [5.41, 5.74) is 3.61. The average molecular weight is 283 g/mol. The Bertz CT molecular complexity index is 781. The molecule has 0 aliphatic rings. The van der Waals surface area contributed by atoms with Gasteiger partial charge in [-0.15, -0.1) is 0 Å². The van der Waals surface area contributed by atoms with Gasteiger partial charge in [-0.05, 0) is 26.0 Å². The Hall–Kier alpha value is -2.63. The number of nitrogens with zero attached hydrogens (tertiary/aromatic N) is 4. The molecule has 0 aliphatic carbocycles. The van der Waals surface area contributed by atoms with Gasteiger partial charge in [-0.2, -0.15) is 5.10 Å². The fraction of sp³-hybridized carbons (Fsp3) is 0.267. The van der Waals surface area contributed by atoms with Crippen LogP contribution < -0.4 is 10.1 Å². The number of benzene rings is 1. The molecule has 108 valence electrons. The highest BCUT2D eigenvalue weighted by Crippen LogP contribution is 2.26. The zero-order chi connectivity index (χ0) is 14.8. The second kappa shape index (κ2) is 5.40. The number of methoxy groups -OCH3 is 1. The van der Waals surface area contributed by atoms with Crippen LogP contribution in [0.15, 0.2) is 30.6 Å². The number of aryl methyl sites for hydroxylation is 2. The van der Waals surface area contributed by atoms with Crippen LogP contribution >= 0.6 is 0 Å². The lowest BCUT2D eigenvalue weighted by Crippen LogP contribution is -2.02. The van der Waals surface area contributed by atoms with Crippen molar-refractivity contribution in [1.82, 2.24) is 19.7 Å². The molecule has 0 fully saturated rings. The Morgan fingerprint density at radius 2 is 2.14 bits per heavy atom. The predicted octanol–water partition coefficient (Wildman–Crippen LogP) is 2.91. The number of anilines is 2. The van der Waals surface area contributed by atoms with E-state index in [9.17, 15) is 0 Å². The van der Waals surface area contributed by atoms with E-state index in [4.69, 9.17) is 4.74 Å². The van der Waals surface area contributed by atoms with E-state index in [0.29, 0.717) is 0 Å². The first-order valence-electron chi connectivity index (χ1n) is 6.82. The minimum Gasteiger partial charge on any atom is -0.497 e. The number of hydrogen-bond donors (Lipinski definition) is 1. The first-order chi connectivity index (χ1) is 10.2. The third-order valence-electron chi connectivity index (χ3n) is 3.33. The van der Waals surface area contributed by atoms with Gasteiger partial charge in [0, 0.05) is 18.3 Å². The van der Waals surface area contributed by atoms with Gasteiger partial charge in [-0.25, -0.2) is 9.97 Å². The lowest BCUT2D eigenvalue weighted by atomic mass is 10.3. The van der Waals surface area contributed by atoms with Crippen LogP contribution in [0.25, 0.3) is 11.0 Å². The summed E-state index contributed by atoms with van der Waals surface area (Å²) in [5.74, 6) is 1.54. The summed E-state index contributed by atoms with van der Waals surface area (Å²) in [5, 5.41) is 7.81. The molecule has 0 aliphatic heterocycles. The zero-order valence-corrected chi connectivity index (χ0v) is 12.3. The molecule has 0 unspecified atom stereocenters. The Labute approximate surface area is 122 Å². The SMILES string of the molecule is CCn1nc(C)c2ncnc(Nc3cccc(OC)c3)c21. The molecule has 3 rings (SSSR count). The van der Waals surface area contributed by atoms with Crippen molar-refractivity contribution in [3.63, 3.8) is 0 Å². The quantitative estimate of drug-likeness (QED) is 0.797. The molecule has 0 saturated heterocycles. The molecule has 2 aromatic heterocycles. The van der Waals surface area contributed by atoms with Gasteiger partial charge in [0.15, 0.2) is 5.82 Å². The molecule has 6 heteroatoms. The van der Waals surface area contributed by atoms with E-state index in [1.54, 1.807) is 13.4 Å². The molecular weight excluding hydrogens is 266 g/mol. The molecule has 0 atom stereocenters. The highest BCUT2D eigenvalue weighted by atomic mass is 16.5.